The van der Waals surface area contributed by atoms with E-state index in [4.69, 9.17) is 14.6 Å². The average molecular weight is 451 g/mol. The van der Waals surface area contributed by atoms with Gasteiger partial charge in [0.05, 0.1) is 6.10 Å². The minimum absolute atomic E-state index is 0.000666. The summed E-state index contributed by atoms with van der Waals surface area (Å²) in [5, 5.41) is 18.6. The van der Waals surface area contributed by atoms with E-state index in [0.29, 0.717) is 25.7 Å². The third-order valence-corrected chi connectivity index (χ3v) is 6.54. The maximum absolute atomic E-state index is 12.6. The highest BCUT2D eigenvalue weighted by Gasteiger charge is 2.39. The zero-order valence-corrected chi connectivity index (χ0v) is 19.6. The predicted molar refractivity (Wildman–Crippen MR) is 124 cm³/mol. The molecule has 6 heteroatoms. The van der Waals surface area contributed by atoms with Crippen LogP contribution in [0.1, 0.15) is 84.0 Å². The van der Waals surface area contributed by atoms with E-state index in [1.165, 1.54) is 0 Å². The molecule has 0 amide bonds. The fourth-order valence-electron chi connectivity index (χ4n) is 4.66. The molecular formula is C26H42O6. The first-order chi connectivity index (χ1) is 15.5. The molecular weight excluding hydrogens is 408 g/mol. The minimum Gasteiger partial charge on any atom is -0.481 e. The van der Waals surface area contributed by atoms with Crippen LogP contribution in [0.3, 0.4) is 0 Å². The number of ketones is 1. The second-order valence-electron chi connectivity index (χ2n) is 9.14. The normalized spacial score (nSPS) is 27.5. The van der Waals surface area contributed by atoms with E-state index < -0.39 is 5.97 Å². The highest BCUT2D eigenvalue weighted by molar-refractivity contribution is 5.84. The Labute approximate surface area is 193 Å². The molecule has 2 aliphatic rings. The van der Waals surface area contributed by atoms with Crippen molar-refractivity contribution in [1.29, 1.82) is 0 Å². The van der Waals surface area contributed by atoms with Gasteiger partial charge in [-0.15, -0.1) is 0 Å². The lowest BCUT2D eigenvalue weighted by Crippen LogP contribution is -2.27. The van der Waals surface area contributed by atoms with Crippen LogP contribution >= 0.6 is 0 Å². The number of carboxylic acids is 1. The average Bonchev–Trinajstić information content (AvgIpc) is 3.09. The van der Waals surface area contributed by atoms with E-state index in [2.05, 4.69) is 19.1 Å². The molecule has 1 heterocycles. The first kappa shape index (κ1) is 26.7. The third-order valence-electron chi connectivity index (χ3n) is 6.54. The molecule has 1 saturated heterocycles. The Morgan fingerprint density at radius 2 is 2.09 bits per heavy atom. The topological polar surface area (TPSA) is 93.1 Å². The number of rotatable bonds is 15. The highest BCUT2D eigenvalue weighted by atomic mass is 16.7. The molecule has 5 atom stereocenters. The standard InChI is InChI=1S/C26H42O6/c1-2-3-6-11-21(32-26-14-9-10-17-31-26)15-16-22-20(19-27)18-24(28)23(22)12-7-4-5-8-13-25(29)30/h4,7,15-16,20-23,26-27H,2-3,5-6,8-14,17-19H2,1H3,(H,29,30)/b7-4-,16-15+/t20-,21?,22-,23+,26?/m0/s1. The quantitative estimate of drug-likeness (QED) is 0.268. The number of hydrogen-bond acceptors (Lipinski definition) is 5. The lowest BCUT2D eigenvalue weighted by molar-refractivity contribution is -0.179. The number of aliphatic carboxylic acids is 1. The maximum Gasteiger partial charge on any atom is 0.303 e. The molecule has 1 aliphatic carbocycles. The molecule has 0 radical (unpaired) electrons. The zero-order chi connectivity index (χ0) is 23.2. The zero-order valence-electron chi connectivity index (χ0n) is 19.6. The van der Waals surface area contributed by atoms with Crippen molar-refractivity contribution < 1.29 is 29.3 Å². The molecule has 0 spiro atoms. The SMILES string of the molecule is CCCCCC(/C=C/[C@H]1[C@H](CO)CC(=O)[C@@H]1C/C=C\CCCC(=O)O)OC1CCCCO1. The van der Waals surface area contributed by atoms with Crippen LogP contribution in [0.2, 0.25) is 0 Å². The van der Waals surface area contributed by atoms with Crippen molar-refractivity contribution in [3.05, 3.63) is 24.3 Å². The van der Waals surface area contributed by atoms with Crippen LogP contribution < -0.4 is 0 Å². The Kier molecular flexibility index (Phi) is 12.8. The van der Waals surface area contributed by atoms with E-state index in [-0.39, 0.29) is 49.0 Å². The molecule has 182 valence electrons. The minimum atomic E-state index is -0.783. The number of allylic oxidation sites excluding steroid dienone is 3. The Bertz CT molecular complexity index is 607. The second kappa shape index (κ2) is 15.4. The van der Waals surface area contributed by atoms with Crippen LogP contribution in [0.25, 0.3) is 0 Å². The molecule has 2 fully saturated rings. The van der Waals surface area contributed by atoms with Crippen LogP contribution in [0.4, 0.5) is 0 Å². The smallest absolute Gasteiger partial charge is 0.303 e. The summed E-state index contributed by atoms with van der Waals surface area (Å²) in [7, 11) is 0. The summed E-state index contributed by atoms with van der Waals surface area (Å²) in [5.41, 5.74) is 0. The molecule has 0 aromatic carbocycles. The van der Waals surface area contributed by atoms with Gasteiger partial charge in [0.1, 0.15) is 5.78 Å². The summed E-state index contributed by atoms with van der Waals surface area (Å²) >= 11 is 0. The summed E-state index contributed by atoms with van der Waals surface area (Å²) in [5.74, 6) is -0.768. The van der Waals surface area contributed by atoms with Gasteiger partial charge in [-0.2, -0.15) is 0 Å². The Morgan fingerprint density at radius 3 is 2.78 bits per heavy atom. The fraction of sp³-hybridized carbons (Fsp3) is 0.769. The number of hydrogen-bond donors (Lipinski definition) is 2. The number of aliphatic hydroxyl groups is 1. The number of carboxylic acid groups (broad SMARTS) is 1. The molecule has 0 aromatic heterocycles. The van der Waals surface area contributed by atoms with Crippen molar-refractivity contribution in [3.63, 3.8) is 0 Å². The van der Waals surface area contributed by atoms with Crippen molar-refractivity contribution in [2.45, 2.75) is 96.4 Å². The molecule has 0 bridgehead atoms. The summed E-state index contributed by atoms with van der Waals surface area (Å²) in [4.78, 5) is 23.2. The summed E-state index contributed by atoms with van der Waals surface area (Å²) in [6.07, 6.45) is 18.0. The van der Waals surface area contributed by atoms with Crippen molar-refractivity contribution in [2.75, 3.05) is 13.2 Å². The number of aliphatic hydroxyl groups excluding tert-OH is 1. The summed E-state index contributed by atoms with van der Waals surface area (Å²) in [6.45, 7) is 2.94. The second-order valence-corrected chi connectivity index (χ2v) is 9.14. The van der Waals surface area contributed by atoms with Gasteiger partial charge in [0.2, 0.25) is 0 Å². The van der Waals surface area contributed by atoms with E-state index >= 15 is 0 Å². The Morgan fingerprint density at radius 1 is 1.25 bits per heavy atom. The highest BCUT2D eigenvalue weighted by Crippen LogP contribution is 2.38. The summed E-state index contributed by atoms with van der Waals surface area (Å²) in [6, 6.07) is 0. The molecule has 2 rings (SSSR count). The Hall–Kier alpha value is -1.50. The number of carbonyl (C=O) groups excluding carboxylic acids is 1. The van der Waals surface area contributed by atoms with Crippen molar-refractivity contribution >= 4 is 11.8 Å². The van der Waals surface area contributed by atoms with E-state index in [1.807, 2.05) is 12.2 Å². The molecule has 1 saturated carbocycles. The van der Waals surface area contributed by atoms with Crippen LogP contribution in [0, 0.1) is 17.8 Å². The van der Waals surface area contributed by atoms with Gasteiger partial charge in [0, 0.05) is 32.0 Å². The van der Waals surface area contributed by atoms with E-state index in [0.717, 1.165) is 51.6 Å². The predicted octanol–water partition coefficient (Wildman–Crippen LogP) is 5.05. The van der Waals surface area contributed by atoms with E-state index in [1.54, 1.807) is 0 Å². The molecule has 6 nitrogen and oxygen atoms in total. The maximum atomic E-state index is 12.6. The molecule has 32 heavy (non-hydrogen) atoms. The van der Waals surface area contributed by atoms with Gasteiger partial charge in [-0.3, -0.25) is 9.59 Å². The lowest BCUT2D eigenvalue weighted by atomic mass is 9.86. The molecule has 2 unspecified atom stereocenters. The van der Waals surface area contributed by atoms with Gasteiger partial charge in [0.15, 0.2) is 6.29 Å². The molecule has 1 aliphatic heterocycles. The van der Waals surface area contributed by atoms with E-state index in [9.17, 15) is 14.7 Å². The van der Waals surface area contributed by atoms with Crippen LogP contribution in [0.15, 0.2) is 24.3 Å². The van der Waals surface area contributed by atoms with Crippen LogP contribution in [-0.2, 0) is 19.1 Å². The third kappa shape index (κ3) is 9.55. The van der Waals surface area contributed by atoms with Gasteiger partial charge in [0.25, 0.3) is 0 Å². The number of Topliss-reactive ketones (excluding diaryl/α,β-unsaturated/α-hetero) is 1. The first-order valence-corrected chi connectivity index (χ1v) is 12.5. The molecule has 0 aromatic rings. The largest absolute Gasteiger partial charge is 0.481 e. The first-order valence-electron chi connectivity index (χ1n) is 12.5. The van der Waals surface area contributed by atoms with Crippen molar-refractivity contribution in [2.24, 2.45) is 17.8 Å². The number of carbonyl (C=O) groups is 2. The van der Waals surface area contributed by atoms with Gasteiger partial charge in [-0.1, -0.05) is 50.5 Å². The van der Waals surface area contributed by atoms with Crippen molar-refractivity contribution in [1.82, 2.24) is 0 Å². The summed E-state index contributed by atoms with van der Waals surface area (Å²) < 4.78 is 12.0. The molecule has 2 N–H and O–H groups in total. The van der Waals surface area contributed by atoms with Gasteiger partial charge < -0.3 is 19.7 Å². The number of ether oxygens (including phenoxy) is 2. The van der Waals surface area contributed by atoms with Gasteiger partial charge in [-0.05, 0) is 56.8 Å². The lowest BCUT2D eigenvalue weighted by Gasteiger charge is -2.27. The van der Waals surface area contributed by atoms with Crippen LogP contribution in [0.5, 0.6) is 0 Å². The van der Waals surface area contributed by atoms with Gasteiger partial charge >= 0.3 is 5.97 Å². The Balaban J connectivity index is 1.98. The monoisotopic (exact) mass is 450 g/mol. The fourth-order valence-corrected chi connectivity index (χ4v) is 4.66. The van der Waals surface area contributed by atoms with Crippen molar-refractivity contribution in [3.8, 4) is 0 Å². The van der Waals surface area contributed by atoms with Gasteiger partial charge in [-0.25, -0.2) is 0 Å². The van der Waals surface area contributed by atoms with Crippen LogP contribution in [-0.4, -0.2) is 47.6 Å². The number of unbranched alkanes of at least 4 members (excludes halogenated alkanes) is 3.